The lowest BCUT2D eigenvalue weighted by atomic mass is 9.90. The fourth-order valence-corrected chi connectivity index (χ4v) is 3.08. The minimum atomic E-state index is -0.730. The minimum Gasteiger partial charge on any atom is -0.496 e. The highest BCUT2D eigenvalue weighted by Gasteiger charge is 2.41. The summed E-state index contributed by atoms with van der Waals surface area (Å²) in [6.07, 6.45) is 1.36. The number of carbonyl (C=O) groups excluding carboxylic acids is 1. The molecule has 0 spiro atoms. The quantitative estimate of drug-likeness (QED) is 0.900. The molecule has 1 aromatic rings. The largest absolute Gasteiger partial charge is 0.496 e. The van der Waals surface area contributed by atoms with Crippen LogP contribution < -0.4 is 10.1 Å². The molecule has 1 aliphatic heterocycles. The molecule has 5 nitrogen and oxygen atoms in total. The number of likely N-dealkylation sites (N-methyl/N-ethyl adjacent to an activating group) is 1. The summed E-state index contributed by atoms with van der Waals surface area (Å²) in [7, 11) is 5.00. The van der Waals surface area contributed by atoms with Crippen molar-refractivity contribution >= 4 is 17.5 Å². The van der Waals surface area contributed by atoms with Gasteiger partial charge >= 0.3 is 0 Å². The van der Waals surface area contributed by atoms with Crippen molar-refractivity contribution in [2.24, 2.45) is 0 Å². The van der Waals surface area contributed by atoms with Crippen LogP contribution in [0.4, 0.5) is 0 Å². The summed E-state index contributed by atoms with van der Waals surface area (Å²) in [6, 6.07) is 5.41. The summed E-state index contributed by atoms with van der Waals surface area (Å²) in [5.74, 6) is 0.722. The van der Waals surface area contributed by atoms with Gasteiger partial charge in [0.1, 0.15) is 11.4 Å². The van der Waals surface area contributed by atoms with Crippen LogP contribution in [-0.2, 0) is 16.1 Å². The van der Waals surface area contributed by atoms with Crippen molar-refractivity contribution in [2.45, 2.75) is 25.0 Å². The van der Waals surface area contributed by atoms with Crippen LogP contribution in [0.1, 0.15) is 18.4 Å². The smallest absolute Gasteiger partial charge is 0.254 e. The number of hydrogen-bond acceptors (Lipinski definition) is 4. The lowest BCUT2D eigenvalue weighted by Gasteiger charge is -2.37. The molecular weight excluding hydrogens is 304 g/mol. The van der Waals surface area contributed by atoms with Crippen LogP contribution in [0.5, 0.6) is 5.75 Å². The van der Waals surface area contributed by atoms with Gasteiger partial charge in [-0.15, -0.1) is 0 Å². The number of amides is 1. The van der Waals surface area contributed by atoms with Gasteiger partial charge in [-0.2, -0.15) is 0 Å². The zero-order valence-electron chi connectivity index (χ0n) is 13.3. The summed E-state index contributed by atoms with van der Waals surface area (Å²) in [4.78, 5) is 14.5. The first-order valence-corrected chi connectivity index (χ1v) is 7.74. The number of carbonyl (C=O) groups is 1. The summed E-state index contributed by atoms with van der Waals surface area (Å²) in [5.41, 5.74) is 0.150. The van der Waals surface area contributed by atoms with E-state index in [9.17, 15) is 4.79 Å². The molecule has 0 atom stereocenters. The van der Waals surface area contributed by atoms with Gasteiger partial charge in [0.25, 0.3) is 5.91 Å². The Morgan fingerprint density at radius 1 is 1.36 bits per heavy atom. The molecule has 1 N–H and O–H groups in total. The SMILES string of the molecule is COc1ccc(Cl)cc1CN(C)C(=O)C1(OC)CCNCC1. The number of hydrogen-bond donors (Lipinski definition) is 1. The Hall–Kier alpha value is -1.30. The fourth-order valence-electron chi connectivity index (χ4n) is 2.88. The van der Waals surface area contributed by atoms with Gasteiger partial charge in [-0.1, -0.05) is 11.6 Å². The van der Waals surface area contributed by atoms with E-state index in [1.807, 2.05) is 12.1 Å². The van der Waals surface area contributed by atoms with Crippen molar-refractivity contribution < 1.29 is 14.3 Å². The molecule has 1 amide bonds. The Morgan fingerprint density at radius 3 is 2.64 bits per heavy atom. The molecule has 0 aliphatic carbocycles. The van der Waals surface area contributed by atoms with Gasteiger partial charge in [0.15, 0.2) is 0 Å². The first-order chi connectivity index (χ1) is 10.5. The van der Waals surface area contributed by atoms with E-state index in [4.69, 9.17) is 21.1 Å². The van der Waals surface area contributed by atoms with E-state index >= 15 is 0 Å². The van der Waals surface area contributed by atoms with Crippen LogP contribution in [0.25, 0.3) is 0 Å². The first kappa shape index (κ1) is 17.1. The van der Waals surface area contributed by atoms with Gasteiger partial charge < -0.3 is 19.7 Å². The summed E-state index contributed by atoms with van der Waals surface area (Å²) >= 11 is 6.05. The molecule has 1 aromatic carbocycles. The van der Waals surface area contributed by atoms with Gasteiger partial charge in [0.05, 0.1) is 7.11 Å². The Balaban J connectivity index is 2.15. The second-order valence-electron chi connectivity index (χ2n) is 5.57. The molecule has 122 valence electrons. The minimum absolute atomic E-state index is 0.00136. The lowest BCUT2D eigenvalue weighted by molar-refractivity contribution is -0.157. The molecule has 1 saturated heterocycles. The molecule has 0 radical (unpaired) electrons. The van der Waals surface area contributed by atoms with E-state index in [0.29, 0.717) is 24.4 Å². The number of ether oxygens (including phenoxy) is 2. The van der Waals surface area contributed by atoms with E-state index < -0.39 is 5.60 Å². The number of rotatable bonds is 5. The van der Waals surface area contributed by atoms with Crippen molar-refractivity contribution in [1.82, 2.24) is 10.2 Å². The maximum Gasteiger partial charge on any atom is 0.254 e. The number of methoxy groups -OCH3 is 2. The van der Waals surface area contributed by atoms with Crippen molar-refractivity contribution in [3.8, 4) is 5.75 Å². The highest BCUT2D eigenvalue weighted by molar-refractivity contribution is 6.30. The van der Waals surface area contributed by atoms with Crippen LogP contribution in [0.3, 0.4) is 0 Å². The zero-order valence-corrected chi connectivity index (χ0v) is 14.1. The maximum atomic E-state index is 12.8. The van der Waals surface area contributed by atoms with Crippen LogP contribution in [0.2, 0.25) is 5.02 Å². The van der Waals surface area contributed by atoms with Crippen molar-refractivity contribution in [2.75, 3.05) is 34.4 Å². The van der Waals surface area contributed by atoms with E-state index in [2.05, 4.69) is 5.32 Å². The predicted octanol–water partition coefficient (Wildman–Crippen LogP) is 2.08. The number of nitrogens with zero attached hydrogens (tertiary/aromatic N) is 1. The third-order valence-electron chi connectivity index (χ3n) is 4.19. The number of benzene rings is 1. The van der Waals surface area contributed by atoms with Crippen LogP contribution >= 0.6 is 11.6 Å². The standard InChI is InChI=1S/C16H23ClN2O3/c1-19(11-12-10-13(17)4-5-14(12)21-2)15(20)16(22-3)6-8-18-9-7-16/h4-5,10,18H,6-9,11H2,1-3H3. The Bertz CT molecular complexity index is 530. The molecule has 1 heterocycles. The molecule has 1 fully saturated rings. The second-order valence-corrected chi connectivity index (χ2v) is 6.00. The monoisotopic (exact) mass is 326 g/mol. The maximum absolute atomic E-state index is 12.8. The van der Waals surface area contributed by atoms with E-state index in [1.54, 1.807) is 32.2 Å². The Labute approximate surface area is 136 Å². The van der Waals surface area contributed by atoms with Crippen LogP contribution in [-0.4, -0.2) is 50.8 Å². The van der Waals surface area contributed by atoms with Crippen molar-refractivity contribution in [3.05, 3.63) is 28.8 Å². The lowest BCUT2D eigenvalue weighted by Crippen LogP contribution is -2.54. The summed E-state index contributed by atoms with van der Waals surface area (Å²) in [6.45, 7) is 2.00. The Kier molecular flexibility index (Phi) is 5.67. The molecule has 6 heteroatoms. The molecular formula is C16H23ClN2O3. The molecule has 1 aliphatic rings. The normalized spacial score (nSPS) is 17.1. The molecule has 22 heavy (non-hydrogen) atoms. The summed E-state index contributed by atoms with van der Waals surface area (Å²) < 4.78 is 10.9. The Morgan fingerprint density at radius 2 is 2.05 bits per heavy atom. The van der Waals surface area contributed by atoms with Gasteiger partial charge in [-0.3, -0.25) is 4.79 Å². The third-order valence-corrected chi connectivity index (χ3v) is 4.42. The molecule has 0 saturated carbocycles. The van der Waals surface area contributed by atoms with Crippen molar-refractivity contribution in [1.29, 1.82) is 0 Å². The topological polar surface area (TPSA) is 50.8 Å². The van der Waals surface area contributed by atoms with Crippen LogP contribution in [0, 0.1) is 0 Å². The number of halogens is 1. The molecule has 0 bridgehead atoms. The van der Waals surface area contributed by atoms with Gasteiger partial charge in [-0.25, -0.2) is 0 Å². The second kappa shape index (κ2) is 7.31. The third kappa shape index (κ3) is 3.54. The predicted molar refractivity (Wildman–Crippen MR) is 86.3 cm³/mol. The highest BCUT2D eigenvalue weighted by Crippen LogP contribution is 2.28. The van der Waals surface area contributed by atoms with Gasteiger partial charge in [0.2, 0.25) is 0 Å². The molecule has 0 aromatic heterocycles. The van der Waals surface area contributed by atoms with Crippen LogP contribution in [0.15, 0.2) is 18.2 Å². The van der Waals surface area contributed by atoms with Gasteiger partial charge in [-0.05, 0) is 44.1 Å². The van der Waals surface area contributed by atoms with E-state index in [-0.39, 0.29) is 5.91 Å². The number of piperidine rings is 1. The highest BCUT2D eigenvalue weighted by atomic mass is 35.5. The first-order valence-electron chi connectivity index (χ1n) is 7.36. The fraction of sp³-hybridized carbons (Fsp3) is 0.562. The average Bonchev–Trinajstić information content (AvgIpc) is 2.55. The zero-order chi connectivity index (χ0) is 16.2. The van der Waals surface area contributed by atoms with Crippen molar-refractivity contribution in [3.63, 3.8) is 0 Å². The summed E-state index contributed by atoms with van der Waals surface area (Å²) in [5, 5.41) is 3.88. The van der Waals surface area contributed by atoms with E-state index in [0.717, 1.165) is 24.4 Å². The molecule has 0 unspecified atom stereocenters. The van der Waals surface area contributed by atoms with Gasteiger partial charge in [0, 0.05) is 31.3 Å². The molecule has 2 rings (SSSR count). The number of nitrogens with one attached hydrogen (secondary N) is 1. The van der Waals surface area contributed by atoms with E-state index in [1.165, 1.54) is 0 Å². The average molecular weight is 327 g/mol.